The number of carbonyl (C=O) groups excluding carboxylic acids is 1. The van der Waals surface area contributed by atoms with E-state index in [0.717, 1.165) is 3.57 Å². The largest absolute Gasteiger partial charge is 0.481 e. The molecule has 1 aliphatic carbocycles. The Balaban J connectivity index is 2.10. The standard InChI is InChI=1S/C14H14INO3/c15-9-4-3-5-10(8-9)16-13(17)11-6-1-2-7-12(11)14(18)19/h1-5,8,11-12H,6-7H2,(H,16,17)(H,18,19)/t11-,12+/m1/s1. The summed E-state index contributed by atoms with van der Waals surface area (Å²) in [6.45, 7) is 0. The maximum atomic E-state index is 12.2. The number of rotatable bonds is 3. The van der Waals surface area contributed by atoms with Gasteiger partial charge in [0.15, 0.2) is 0 Å². The Morgan fingerprint density at radius 3 is 2.53 bits per heavy atom. The Hall–Kier alpha value is -1.37. The molecule has 1 aliphatic rings. The van der Waals surface area contributed by atoms with Crippen LogP contribution in [-0.2, 0) is 9.59 Å². The third kappa shape index (κ3) is 3.56. The minimum Gasteiger partial charge on any atom is -0.481 e. The molecule has 1 aromatic carbocycles. The molecule has 2 rings (SSSR count). The molecule has 0 aromatic heterocycles. The molecule has 0 spiro atoms. The predicted molar refractivity (Wildman–Crippen MR) is 80.8 cm³/mol. The third-order valence-electron chi connectivity index (χ3n) is 3.18. The summed E-state index contributed by atoms with van der Waals surface area (Å²) < 4.78 is 1.02. The van der Waals surface area contributed by atoms with Gasteiger partial charge in [0.25, 0.3) is 0 Å². The Morgan fingerprint density at radius 1 is 1.21 bits per heavy atom. The van der Waals surface area contributed by atoms with E-state index in [9.17, 15) is 9.59 Å². The number of hydrogen-bond acceptors (Lipinski definition) is 2. The molecule has 0 bridgehead atoms. The number of allylic oxidation sites excluding steroid dienone is 2. The molecule has 0 unspecified atom stereocenters. The fraction of sp³-hybridized carbons (Fsp3) is 0.286. The van der Waals surface area contributed by atoms with Gasteiger partial charge >= 0.3 is 5.97 Å². The van der Waals surface area contributed by atoms with Crippen LogP contribution in [0.4, 0.5) is 5.69 Å². The first-order valence-electron chi connectivity index (χ1n) is 6.02. The first kappa shape index (κ1) is 14.0. The lowest BCUT2D eigenvalue weighted by Crippen LogP contribution is -2.34. The minimum absolute atomic E-state index is 0.223. The molecule has 0 heterocycles. The number of carbonyl (C=O) groups is 2. The van der Waals surface area contributed by atoms with E-state index in [4.69, 9.17) is 5.11 Å². The number of aliphatic carboxylic acids is 1. The summed E-state index contributed by atoms with van der Waals surface area (Å²) in [7, 11) is 0. The fourth-order valence-electron chi connectivity index (χ4n) is 2.18. The van der Waals surface area contributed by atoms with E-state index in [-0.39, 0.29) is 5.91 Å². The number of carboxylic acids is 1. The van der Waals surface area contributed by atoms with E-state index < -0.39 is 17.8 Å². The molecule has 0 saturated heterocycles. The van der Waals surface area contributed by atoms with Gasteiger partial charge in [-0.2, -0.15) is 0 Å². The number of benzene rings is 1. The van der Waals surface area contributed by atoms with Crippen LogP contribution in [0.25, 0.3) is 0 Å². The molecule has 0 aliphatic heterocycles. The van der Waals surface area contributed by atoms with Crippen molar-refractivity contribution in [3.8, 4) is 0 Å². The van der Waals surface area contributed by atoms with Crippen molar-refractivity contribution >= 4 is 40.2 Å². The maximum Gasteiger partial charge on any atom is 0.307 e. The highest BCUT2D eigenvalue weighted by molar-refractivity contribution is 14.1. The summed E-state index contributed by atoms with van der Waals surface area (Å²) in [6.07, 6.45) is 4.60. The van der Waals surface area contributed by atoms with Crippen LogP contribution < -0.4 is 5.32 Å². The van der Waals surface area contributed by atoms with E-state index >= 15 is 0 Å². The van der Waals surface area contributed by atoms with E-state index in [1.807, 2.05) is 30.4 Å². The van der Waals surface area contributed by atoms with Crippen molar-refractivity contribution in [2.75, 3.05) is 5.32 Å². The summed E-state index contributed by atoms with van der Waals surface area (Å²) in [4.78, 5) is 23.3. The van der Waals surface area contributed by atoms with Crippen LogP contribution in [0.5, 0.6) is 0 Å². The first-order valence-corrected chi connectivity index (χ1v) is 7.10. The summed E-state index contributed by atoms with van der Waals surface area (Å²) in [5, 5.41) is 11.9. The lowest BCUT2D eigenvalue weighted by Gasteiger charge is -2.24. The molecule has 2 atom stereocenters. The molecular weight excluding hydrogens is 357 g/mol. The Bertz CT molecular complexity index is 527. The average Bonchev–Trinajstić information content (AvgIpc) is 2.38. The Labute approximate surface area is 125 Å². The highest BCUT2D eigenvalue weighted by atomic mass is 127. The van der Waals surface area contributed by atoms with Crippen molar-refractivity contribution < 1.29 is 14.7 Å². The molecule has 1 amide bonds. The highest BCUT2D eigenvalue weighted by Gasteiger charge is 2.33. The van der Waals surface area contributed by atoms with Gasteiger partial charge in [-0.3, -0.25) is 9.59 Å². The first-order chi connectivity index (χ1) is 9.08. The third-order valence-corrected chi connectivity index (χ3v) is 3.85. The molecule has 2 N–H and O–H groups in total. The van der Waals surface area contributed by atoms with Crippen LogP contribution >= 0.6 is 22.6 Å². The van der Waals surface area contributed by atoms with Crippen molar-refractivity contribution in [1.29, 1.82) is 0 Å². The van der Waals surface area contributed by atoms with Crippen LogP contribution in [0.15, 0.2) is 36.4 Å². The van der Waals surface area contributed by atoms with Gasteiger partial charge in [-0.15, -0.1) is 0 Å². The van der Waals surface area contributed by atoms with E-state index in [1.165, 1.54) is 0 Å². The minimum atomic E-state index is -0.910. The van der Waals surface area contributed by atoms with Gasteiger partial charge < -0.3 is 10.4 Å². The number of carboxylic acid groups (broad SMARTS) is 1. The van der Waals surface area contributed by atoms with E-state index in [2.05, 4.69) is 27.9 Å². The van der Waals surface area contributed by atoms with Crippen molar-refractivity contribution in [2.24, 2.45) is 11.8 Å². The molecule has 19 heavy (non-hydrogen) atoms. The topological polar surface area (TPSA) is 66.4 Å². The van der Waals surface area contributed by atoms with Crippen molar-refractivity contribution in [2.45, 2.75) is 12.8 Å². The normalized spacial score (nSPS) is 21.9. The number of anilines is 1. The molecular formula is C14H14INO3. The van der Waals surface area contributed by atoms with Crippen LogP contribution in [-0.4, -0.2) is 17.0 Å². The quantitative estimate of drug-likeness (QED) is 0.634. The van der Waals surface area contributed by atoms with Crippen molar-refractivity contribution in [3.63, 3.8) is 0 Å². The Kier molecular flexibility index (Phi) is 4.57. The van der Waals surface area contributed by atoms with Crippen LogP contribution in [0, 0.1) is 15.4 Å². The summed E-state index contributed by atoms with van der Waals surface area (Å²) in [5.74, 6) is -2.26. The number of hydrogen-bond donors (Lipinski definition) is 2. The Morgan fingerprint density at radius 2 is 1.89 bits per heavy atom. The fourth-order valence-corrected chi connectivity index (χ4v) is 2.72. The van der Waals surface area contributed by atoms with Gasteiger partial charge in [-0.05, 0) is 53.6 Å². The molecule has 0 saturated carbocycles. The lowest BCUT2D eigenvalue weighted by molar-refractivity contribution is -0.146. The van der Waals surface area contributed by atoms with Gasteiger partial charge in [-0.25, -0.2) is 0 Å². The molecule has 1 aromatic rings. The van der Waals surface area contributed by atoms with Gasteiger partial charge in [0.2, 0.25) is 5.91 Å². The lowest BCUT2D eigenvalue weighted by atomic mass is 9.82. The van der Waals surface area contributed by atoms with Gasteiger partial charge in [0.1, 0.15) is 0 Å². The average molecular weight is 371 g/mol. The highest BCUT2D eigenvalue weighted by Crippen LogP contribution is 2.27. The summed E-state index contributed by atoms with van der Waals surface area (Å²) in [5.41, 5.74) is 0.704. The van der Waals surface area contributed by atoms with Gasteiger partial charge in [0.05, 0.1) is 11.8 Å². The molecule has 0 radical (unpaired) electrons. The van der Waals surface area contributed by atoms with Crippen molar-refractivity contribution in [1.82, 2.24) is 0 Å². The predicted octanol–water partition coefficient (Wildman–Crippen LogP) is 2.90. The second-order valence-electron chi connectivity index (χ2n) is 4.49. The van der Waals surface area contributed by atoms with Crippen LogP contribution in [0.1, 0.15) is 12.8 Å². The molecule has 100 valence electrons. The van der Waals surface area contributed by atoms with Gasteiger partial charge in [0, 0.05) is 9.26 Å². The monoisotopic (exact) mass is 371 g/mol. The van der Waals surface area contributed by atoms with Gasteiger partial charge in [-0.1, -0.05) is 18.2 Å². The smallest absolute Gasteiger partial charge is 0.307 e. The summed E-state index contributed by atoms with van der Waals surface area (Å²) >= 11 is 2.16. The van der Waals surface area contributed by atoms with E-state index in [0.29, 0.717) is 18.5 Å². The van der Waals surface area contributed by atoms with Crippen LogP contribution in [0.2, 0.25) is 0 Å². The molecule has 4 nitrogen and oxygen atoms in total. The maximum absolute atomic E-state index is 12.2. The number of nitrogens with one attached hydrogen (secondary N) is 1. The summed E-state index contributed by atoms with van der Waals surface area (Å²) in [6, 6.07) is 7.44. The van der Waals surface area contributed by atoms with Crippen LogP contribution in [0.3, 0.4) is 0 Å². The zero-order chi connectivity index (χ0) is 13.8. The van der Waals surface area contributed by atoms with Crippen molar-refractivity contribution in [3.05, 3.63) is 40.0 Å². The number of halogens is 1. The molecule has 0 fully saturated rings. The SMILES string of the molecule is O=C(O)[C@H]1CC=CC[C@H]1C(=O)Nc1cccc(I)c1. The second kappa shape index (κ2) is 6.18. The number of amides is 1. The second-order valence-corrected chi connectivity index (χ2v) is 5.74. The zero-order valence-electron chi connectivity index (χ0n) is 10.2. The zero-order valence-corrected chi connectivity index (χ0v) is 12.3. The molecule has 5 heteroatoms. The van der Waals surface area contributed by atoms with E-state index in [1.54, 1.807) is 6.07 Å².